The first-order valence-electron chi connectivity index (χ1n) is 5.77. The van der Waals surface area contributed by atoms with Gasteiger partial charge in [0.15, 0.2) is 0 Å². The van der Waals surface area contributed by atoms with Crippen LogP contribution >= 0.6 is 0 Å². The number of rotatable bonds is 9. The summed E-state index contributed by atoms with van der Waals surface area (Å²) >= 11 is 0. The van der Waals surface area contributed by atoms with Crippen molar-refractivity contribution in [1.82, 2.24) is 4.13 Å². The Morgan fingerprint density at radius 2 is 1.44 bits per heavy atom. The number of hydrogen-bond donors (Lipinski definition) is 1. The zero-order valence-electron chi connectivity index (χ0n) is 11.9. The van der Waals surface area contributed by atoms with Crippen LogP contribution in [-0.2, 0) is 39.1 Å². The summed E-state index contributed by atoms with van der Waals surface area (Å²) in [4.78, 5) is 21.6. The van der Waals surface area contributed by atoms with Crippen LogP contribution in [0.1, 0.15) is 6.42 Å². The lowest BCUT2D eigenvalue weighted by Crippen LogP contribution is -2.51. The summed E-state index contributed by atoms with van der Waals surface area (Å²) < 4.78 is 114. The summed E-state index contributed by atoms with van der Waals surface area (Å²) in [5.74, 6) is -3.71. The molecule has 0 fully saturated rings. The van der Waals surface area contributed by atoms with Crippen LogP contribution in [0.5, 0.6) is 0 Å². The van der Waals surface area contributed by atoms with E-state index >= 15 is 0 Å². The molecule has 0 bridgehead atoms. The first-order chi connectivity index (χ1) is 11.1. The molecule has 0 aliphatic rings. The predicted octanol–water partition coefficient (Wildman–Crippen LogP) is 0.0107. The van der Waals surface area contributed by atoms with Crippen LogP contribution in [0.25, 0.3) is 0 Å². The van der Waals surface area contributed by atoms with Gasteiger partial charge in [0.1, 0.15) is 0 Å². The fraction of sp³-hybridized carbons (Fsp3) is 0.556. The zero-order valence-corrected chi connectivity index (χ0v) is 13.5. The number of sulfonamides is 2. The molecular weight excluding hydrogens is 409 g/mol. The molecule has 1 N–H and O–H groups in total. The van der Waals surface area contributed by atoms with E-state index in [9.17, 15) is 48.4 Å². The molecule has 0 amide bonds. The van der Waals surface area contributed by atoms with Gasteiger partial charge in [-0.05, 0) is 0 Å². The number of carbonyl (C=O) groups is 2. The minimum atomic E-state index is -6.71. The van der Waals surface area contributed by atoms with Crippen molar-refractivity contribution in [2.24, 2.45) is 0 Å². The third kappa shape index (κ3) is 6.20. The van der Waals surface area contributed by atoms with Crippen LogP contribution < -0.4 is 4.13 Å². The Bertz CT molecular complexity index is 728. The van der Waals surface area contributed by atoms with Gasteiger partial charge in [-0.1, -0.05) is 10.7 Å². The fourth-order valence-electron chi connectivity index (χ4n) is 0.893. The largest absolute Gasteiger partial charge is 0.512 e. The third-order valence-corrected chi connectivity index (χ3v) is 5.24. The summed E-state index contributed by atoms with van der Waals surface area (Å²) in [7, 11) is -13.3. The Morgan fingerprint density at radius 1 is 0.960 bits per heavy atom. The molecule has 146 valence electrons. The molecule has 0 heterocycles. The monoisotopic (exact) mass is 419 g/mol. The molecule has 16 heteroatoms. The van der Waals surface area contributed by atoms with Gasteiger partial charge in [-0.15, -0.1) is 0 Å². The van der Waals surface area contributed by atoms with E-state index in [2.05, 4.69) is 16.1 Å². The lowest BCUT2D eigenvalue weighted by molar-refractivity contribution is -0.161. The molecule has 0 rings (SSSR count). The lowest BCUT2D eigenvalue weighted by Gasteiger charge is -2.17. The van der Waals surface area contributed by atoms with E-state index in [4.69, 9.17) is 0 Å². The molecule has 0 radical (unpaired) electrons. The van der Waals surface area contributed by atoms with E-state index < -0.39 is 56.0 Å². The number of halogens is 5. The number of hydrogen-bond acceptors (Lipinski definition) is 8. The number of esters is 2. The molecule has 0 atom stereocenters. The van der Waals surface area contributed by atoms with E-state index in [-0.39, 0.29) is 10.5 Å². The summed E-state index contributed by atoms with van der Waals surface area (Å²) in [6, 6.07) is 0. The minimum Gasteiger partial charge on any atom is -0.462 e. The van der Waals surface area contributed by atoms with Crippen molar-refractivity contribution in [3.8, 4) is 0 Å². The summed E-state index contributed by atoms with van der Waals surface area (Å²) in [6.45, 7) is 1.70. The second kappa shape index (κ2) is 8.05. The number of nitrogens with one attached hydrogen (secondary N) is 1. The van der Waals surface area contributed by atoms with Crippen molar-refractivity contribution in [1.29, 1.82) is 0 Å². The van der Waals surface area contributed by atoms with Crippen LogP contribution in [0.15, 0.2) is 12.7 Å². The van der Waals surface area contributed by atoms with Crippen molar-refractivity contribution in [3.05, 3.63) is 12.7 Å². The smallest absolute Gasteiger partial charge is 0.462 e. The highest BCUT2D eigenvalue weighted by Crippen LogP contribution is 2.27. The highest BCUT2D eigenvalue weighted by Gasteiger charge is 2.59. The van der Waals surface area contributed by atoms with Crippen molar-refractivity contribution < 1.29 is 57.9 Å². The fourth-order valence-corrected chi connectivity index (χ4v) is 3.12. The molecule has 25 heavy (non-hydrogen) atoms. The lowest BCUT2D eigenvalue weighted by atomic mass is 10.5. The topological polar surface area (TPSA) is 133 Å². The van der Waals surface area contributed by atoms with Crippen LogP contribution in [0, 0.1) is 0 Å². The average Bonchev–Trinajstić information content (AvgIpc) is 2.43. The van der Waals surface area contributed by atoms with E-state index in [0.29, 0.717) is 0 Å². The van der Waals surface area contributed by atoms with E-state index in [1.807, 2.05) is 0 Å². The Balaban J connectivity index is 4.90. The molecule has 0 aromatic heterocycles. The Morgan fingerprint density at radius 3 is 1.88 bits per heavy atom. The highest BCUT2D eigenvalue weighted by atomic mass is 32.3. The number of ether oxygens (including phenoxy) is 2. The van der Waals surface area contributed by atoms with Gasteiger partial charge in [0.05, 0.1) is 13.2 Å². The Labute approximate surface area is 137 Å². The van der Waals surface area contributed by atoms with Gasteiger partial charge >= 0.3 is 42.7 Å². The molecule has 0 spiro atoms. The summed E-state index contributed by atoms with van der Waals surface area (Å²) in [5.41, 5.74) is -6.21. The molecule has 0 unspecified atom stereocenters. The SMILES string of the molecule is C=CC(=O)OCCCOC(=O)C(F)(F)S(=O)(=O)NS(=O)(=O)C(F)(F)F. The van der Waals surface area contributed by atoms with Gasteiger partial charge in [-0.2, -0.15) is 22.0 Å². The normalized spacial score (nSPS) is 13.2. The number of alkyl halides is 5. The highest BCUT2D eigenvalue weighted by molar-refractivity contribution is 8.05. The van der Waals surface area contributed by atoms with Gasteiger partial charge < -0.3 is 9.47 Å². The van der Waals surface area contributed by atoms with E-state index in [0.717, 1.165) is 6.08 Å². The van der Waals surface area contributed by atoms with Crippen molar-refractivity contribution in [2.45, 2.75) is 17.2 Å². The molecule has 0 aliphatic heterocycles. The first-order valence-corrected chi connectivity index (χ1v) is 8.74. The average molecular weight is 419 g/mol. The quantitative estimate of drug-likeness (QED) is 0.239. The Hall–Kier alpha value is -1.81. The standard InChI is InChI=1S/C9H10F5NO8S2/c1-2-6(16)22-4-3-5-23-7(17)8(10,11)24(18,19)15-25(20,21)9(12,13)14/h2,15H,1,3-5H2. The third-order valence-electron chi connectivity index (χ3n) is 2.03. The molecule has 0 aromatic rings. The predicted molar refractivity (Wildman–Crippen MR) is 68.7 cm³/mol. The van der Waals surface area contributed by atoms with Crippen LogP contribution in [0.4, 0.5) is 22.0 Å². The zero-order chi connectivity index (χ0) is 20.1. The summed E-state index contributed by atoms with van der Waals surface area (Å²) in [5, 5.41) is -5.64. The van der Waals surface area contributed by atoms with Crippen LogP contribution in [-0.4, -0.2) is 52.8 Å². The maximum atomic E-state index is 13.4. The maximum absolute atomic E-state index is 13.4. The van der Waals surface area contributed by atoms with E-state index in [1.165, 1.54) is 0 Å². The van der Waals surface area contributed by atoms with Gasteiger partial charge in [-0.3, -0.25) is 0 Å². The molecule has 0 aliphatic carbocycles. The minimum absolute atomic E-state index is 0.294. The van der Waals surface area contributed by atoms with Crippen LogP contribution in [0.3, 0.4) is 0 Å². The maximum Gasteiger partial charge on any atom is 0.512 e. The second-order valence-electron chi connectivity index (χ2n) is 3.91. The molecule has 0 aromatic carbocycles. The van der Waals surface area contributed by atoms with Gasteiger partial charge in [0, 0.05) is 12.5 Å². The van der Waals surface area contributed by atoms with Crippen LogP contribution in [0.2, 0.25) is 0 Å². The van der Waals surface area contributed by atoms with Gasteiger partial charge in [0.25, 0.3) is 0 Å². The first kappa shape index (κ1) is 23.2. The second-order valence-corrected chi connectivity index (χ2v) is 7.57. The van der Waals surface area contributed by atoms with Gasteiger partial charge in [-0.25, -0.2) is 26.4 Å². The van der Waals surface area contributed by atoms with E-state index in [1.54, 1.807) is 0 Å². The van der Waals surface area contributed by atoms with Gasteiger partial charge in [0.2, 0.25) is 0 Å². The summed E-state index contributed by atoms with van der Waals surface area (Å²) in [6.07, 6.45) is 0.398. The van der Waals surface area contributed by atoms with Crippen molar-refractivity contribution in [3.63, 3.8) is 0 Å². The Kier molecular flexibility index (Phi) is 7.46. The van der Waals surface area contributed by atoms with Crippen molar-refractivity contribution in [2.75, 3.05) is 13.2 Å². The molecule has 0 saturated carbocycles. The molecular formula is C9H10F5NO8S2. The molecule has 0 saturated heterocycles. The number of carbonyl (C=O) groups excluding carboxylic acids is 2. The molecule has 9 nitrogen and oxygen atoms in total. The van der Waals surface area contributed by atoms with Crippen molar-refractivity contribution >= 4 is 32.0 Å².